The van der Waals surface area contributed by atoms with Crippen LogP contribution in [0, 0.1) is 12.8 Å². The second-order valence-electron chi connectivity index (χ2n) is 6.59. The minimum atomic E-state index is -3.04. The zero-order valence-corrected chi connectivity index (χ0v) is 15.0. The van der Waals surface area contributed by atoms with Gasteiger partial charge in [0, 0.05) is 30.3 Å². The van der Waals surface area contributed by atoms with E-state index in [-0.39, 0.29) is 5.75 Å². The van der Waals surface area contributed by atoms with Crippen LogP contribution in [0.25, 0.3) is 10.9 Å². The van der Waals surface area contributed by atoms with Crippen molar-refractivity contribution in [3.63, 3.8) is 0 Å². The van der Waals surface area contributed by atoms with Crippen molar-refractivity contribution in [1.29, 1.82) is 0 Å². The van der Waals surface area contributed by atoms with Gasteiger partial charge in [-0.15, -0.1) is 0 Å². The van der Waals surface area contributed by atoms with Crippen LogP contribution in [0.4, 0.5) is 0 Å². The highest BCUT2D eigenvalue weighted by molar-refractivity contribution is 7.89. The number of piperidine rings is 1. The molecule has 3 rings (SSSR count). The van der Waals surface area contributed by atoms with Crippen LogP contribution in [0.5, 0.6) is 0 Å². The summed E-state index contributed by atoms with van der Waals surface area (Å²) in [5.41, 5.74) is 2.56. The monoisotopic (exact) mass is 334 g/mol. The van der Waals surface area contributed by atoms with Crippen LogP contribution in [-0.2, 0) is 10.0 Å². The van der Waals surface area contributed by atoms with E-state index in [1.165, 1.54) is 16.6 Å². The third kappa shape index (κ3) is 3.04. The summed E-state index contributed by atoms with van der Waals surface area (Å²) in [5.74, 6) is 0.724. The van der Waals surface area contributed by atoms with E-state index in [1.807, 2.05) is 0 Å². The van der Waals surface area contributed by atoms with E-state index in [4.69, 9.17) is 0 Å². The standard InChI is InChI=1S/C18H26N2O2S/c1-4-23(21,22)19-11-9-16(10-12-19)15(3)20-14(2)13-17-7-5-6-8-18(17)20/h5-8,13,15-16H,4,9-12H2,1-3H3. The topological polar surface area (TPSA) is 42.3 Å². The molecule has 1 aliphatic heterocycles. The molecule has 0 bridgehead atoms. The van der Waals surface area contributed by atoms with Crippen LogP contribution in [-0.4, -0.2) is 36.1 Å². The summed E-state index contributed by atoms with van der Waals surface area (Å²) in [6.07, 6.45) is 1.87. The zero-order valence-electron chi connectivity index (χ0n) is 14.2. The van der Waals surface area contributed by atoms with Gasteiger partial charge in [-0.05, 0) is 57.0 Å². The lowest BCUT2D eigenvalue weighted by molar-refractivity contribution is 0.220. The molecular weight excluding hydrogens is 308 g/mol. The SMILES string of the molecule is CCS(=O)(=O)N1CCC(C(C)n2c(C)cc3ccccc32)CC1. The first kappa shape index (κ1) is 16.5. The smallest absolute Gasteiger partial charge is 0.213 e. The average molecular weight is 334 g/mol. The summed E-state index contributed by atoms with van der Waals surface area (Å²) in [5, 5.41) is 1.28. The summed E-state index contributed by atoms with van der Waals surface area (Å²) in [7, 11) is -3.04. The Hall–Kier alpha value is -1.33. The number of fused-ring (bicyclic) bond motifs is 1. The van der Waals surface area contributed by atoms with Crippen molar-refractivity contribution in [2.75, 3.05) is 18.8 Å². The quantitative estimate of drug-likeness (QED) is 0.858. The Bertz CT molecular complexity index is 786. The fourth-order valence-corrected chi connectivity index (χ4v) is 5.02. The number of hydrogen-bond donors (Lipinski definition) is 0. The van der Waals surface area contributed by atoms with E-state index < -0.39 is 10.0 Å². The molecule has 2 heterocycles. The lowest BCUT2D eigenvalue weighted by Gasteiger charge is -2.35. The van der Waals surface area contributed by atoms with Gasteiger partial charge in [-0.1, -0.05) is 18.2 Å². The Morgan fingerprint density at radius 2 is 1.87 bits per heavy atom. The van der Waals surface area contributed by atoms with Crippen LogP contribution >= 0.6 is 0 Å². The molecule has 1 atom stereocenters. The van der Waals surface area contributed by atoms with Crippen molar-refractivity contribution in [1.82, 2.24) is 8.87 Å². The summed E-state index contributed by atoms with van der Waals surface area (Å²) in [4.78, 5) is 0. The van der Waals surface area contributed by atoms with Gasteiger partial charge in [-0.3, -0.25) is 0 Å². The molecular formula is C18H26N2O2S. The highest BCUT2D eigenvalue weighted by Crippen LogP contribution is 2.33. The van der Waals surface area contributed by atoms with Gasteiger partial charge in [0.25, 0.3) is 0 Å². The minimum absolute atomic E-state index is 0.203. The highest BCUT2D eigenvalue weighted by atomic mass is 32.2. The van der Waals surface area contributed by atoms with E-state index in [9.17, 15) is 8.42 Å². The predicted octanol–water partition coefficient (Wildman–Crippen LogP) is 3.57. The lowest BCUT2D eigenvalue weighted by atomic mass is 9.91. The minimum Gasteiger partial charge on any atom is -0.342 e. The fraction of sp³-hybridized carbons (Fsp3) is 0.556. The van der Waals surface area contributed by atoms with E-state index in [0.717, 1.165) is 12.8 Å². The third-order valence-electron chi connectivity index (χ3n) is 5.29. The molecule has 0 N–H and O–H groups in total. The second-order valence-corrected chi connectivity index (χ2v) is 8.85. The Morgan fingerprint density at radius 3 is 2.52 bits per heavy atom. The maximum Gasteiger partial charge on any atom is 0.213 e. The van der Waals surface area contributed by atoms with Gasteiger partial charge in [-0.2, -0.15) is 0 Å². The van der Waals surface area contributed by atoms with Gasteiger partial charge in [0.05, 0.1) is 5.75 Å². The van der Waals surface area contributed by atoms with E-state index in [1.54, 1.807) is 11.2 Å². The molecule has 1 aromatic heterocycles. The molecule has 5 heteroatoms. The number of aromatic nitrogens is 1. The molecule has 1 saturated heterocycles. The molecule has 2 aromatic rings. The van der Waals surface area contributed by atoms with Crippen LogP contribution in [0.1, 0.15) is 38.4 Å². The molecule has 126 valence electrons. The molecule has 0 spiro atoms. The normalized spacial score (nSPS) is 19.3. The van der Waals surface area contributed by atoms with Gasteiger partial charge in [-0.25, -0.2) is 12.7 Å². The molecule has 23 heavy (non-hydrogen) atoms. The number of rotatable bonds is 4. The molecule has 1 unspecified atom stereocenters. The van der Waals surface area contributed by atoms with Crippen LogP contribution in [0.3, 0.4) is 0 Å². The van der Waals surface area contributed by atoms with Crippen molar-refractivity contribution < 1.29 is 8.42 Å². The van der Waals surface area contributed by atoms with Crippen molar-refractivity contribution in [2.24, 2.45) is 5.92 Å². The number of hydrogen-bond acceptors (Lipinski definition) is 2. The van der Waals surface area contributed by atoms with Gasteiger partial charge in [0.2, 0.25) is 10.0 Å². The predicted molar refractivity (Wildman–Crippen MR) is 95.1 cm³/mol. The molecule has 0 saturated carbocycles. The van der Waals surface area contributed by atoms with Crippen LogP contribution in [0.15, 0.2) is 30.3 Å². The first-order chi connectivity index (χ1) is 10.9. The molecule has 4 nitrogen and oxygen atoms in total. The summed E-state index contributed by atoms with van der Waals surface area (Å²) >= 11 is 0. The Kier molecular flexibility index (Phi) is 4.52. The summed E-state index contributed by atoms with van der Waals surface area (Å²) in [6.45, 7) is 7.47. The molecule has 1 aromatic carbocycles. The van der Waals surface area contributed by atoms with E-state index in [2.05, 4.69) is 48.7 Å². The number of para-hydroxylation sites is 1. The van der Waals surface area contributed by atoms with Crippen molar-refractivity contribution in [3.05, 3.63) is 36.0 Å². The van der Waals surface area contributed by atoms with Crippen LogP contribution in [0.2, 0.25) is 0 Å². The van der Waals surface area contributed by atoms with Gasteiger partial charge < -0.3 is 4.57 Å². The Balaban J connectivity index is 1.79. The van der Waals surface area contributed by atoms with Gasteiger partial charge >= 0.3 is 0 Å². The van der Waals surface area contributed by atoms with Crippen LogP contribution < -0.4 is 0 Å². The van der Waals surface area contributed by atoms with Crippen molar-refractivity contribution in [3.8, 4) is 0 Å². The zero-order chi connectivity index (χ0) is 16.6. The molecule has 1 fully saturated rings. The molecule has 0 radical (unpaired) electrons. The lowest BCUT2D eigenvalue weighted by Crippen LogP contribution is -2.40. The number of aryl methyl sites for hydroxylation is 1. The van der Waals surface area contributed by atoms with E-state index in [0.29, 0.717) is 25.0 Å². The third-order valence-corrected chi connectivity index (χ3v) is 7.17. The molecule has 0 aliphatic carbocycles. The maximum atomic E-state index is 12.0. The first-order valence-corrected chi connectivity index (χ1v) is 10.1. The Labute approximate surface area is 139 Å². The molecule has 0 amide bonds. The highest BCUT2D eigenvalue weighted by Gasteiger charge is 2.30. The largest absolute Gasteiger partial charge is 0.342 e. The fourth-order valence-electron chi connectivity index (χ4n) is 3.88. The summed E-state index contributed by atoms with van der Waals surface area (Å²) < 4.78 is 28.1. The second kappa shape index (κ2) is 6.29. The van der Waals surface area contributed by atoms with Gasteiger partial charge in [0.15, 0.2) is 0 Å². The van der Waals surface area contributed by atoms with Gasteiger partial charge in [0.1, 0.15) is 0 Å². The first-order valence-electron chi connectivity index (χ1n) is 8.48. The molecule has 1 aliphatic rings. The summed E-state index contributed by atoms with van der Waals surface area (Å²) in [6, 6.07) is 11.1. The Morgan fingerprint density at radius 1 is 1.22 bits per heavy atom. The van der Waals surface area contributed by atoms with E-state index >= 15 is 0 Å². The van der Waals surface area contributed by atoms with Crippen molar-refractivity contribution in [2.45, 2.75) is 39.7 Å². The average Bonchev–Trinajstić information content (AvgIpc) is 2.90. The maximum absolute atomic E-state index is 12.0. The number of nitrogens with zero attached hydrogens (tertiary/aromatic N) is 2. The number of benzene rings is 1. The van der Waals surface area contributed by atoms with Crippen molar-refractivity contribution >= 4 is 20.9 Å². The number of sulfonamides is 1.